The summed E-state index contributed by atoms with van der Waals surface area (Å²) in [5.41, 5.74) is 1.51. The molecule has 29 heavy (non-hydrogen) atoms. The number of rotatable bonds is 6. The first kappa shape index (κ1) is 19.1. The SMILES string of the molecule is CN(c1ccccc1)c1ccc(C(=O)N[C@@H]2CC(Cn3cccn3)C[C@H]2O)cn1. The highest BCUT2D eigenvalue weighted by molar-refractivity contribution is 5.94. The highest BCUT2D eigenvalue weighted by Crippen LogP contribution is 2.28. The molecule has 7 nitrogen and oxygen atoms in total. The predicted octanol–water partition coefficient (Wildman–Crippen LogP) is 2.62. The molecule has 0 aliphatic heterocycles. The van der Waals surface area contributed by atoms with Gasteiger partial charge in [0.2, 0.25) is 0 Å². The maximum Gasteiger partial charge on any atom is 0.253 e. The summed E-state index contributed by atoms with van der Waals surface area (Å²) < 4.78 is 1.87. The van der Waals surface area contributed by atoms with Crippen LogP contribution in [0.25, 0.3) is 0 Å². The minimum atomic E-state index is -0.545. The second-order valence-electron chi connectivity index (χ2n) is 7.51. The third-order valence-corrected chi connectivity index (χ3v) is 5.44. The van der Waals surface area contributed by atoms with Gasteiger partial charge < -0.3 is 15.3 Å². The Bertz CT molecular complexity index is 928. The molecule has 1 aliphatic carbocycles. The summed E-state index contributed by atoms with van der Waals surface area (Å²) in [6.07, 6.45) is 6.08. The number of carbonyl (C=O) groups excluding carboxylic acids is 1. The molecular weight excluding hydrogens is 366 g/mol. The van der Waals surface area contributed by atoms with E-state index in [0.29, 0.717) is 12.0 Å². The van der Waals surface area contributed by atoms with E-state index in [1.165, 1.54) is 0 Å². The first-order chi connectivity index (χ1) is 14.1. The van der Waals surface area contributed by atoms with Crippen LogP contribution in [-0.2, 0) is 6.54 Å². The van der Waals surface area contributed by atoms with Crippen molar-refractivity contribution in [3.8, 4) is 0 Å². The van der Waals surface area contributed by atoms with Crippen molar-refractivity contribution in [2.24, 2.45) is 5.92 Å². The molecule has 2 aromatic heterocycles. The molecule has 2 heterocycles. The molecule has 1 fully saturated rings. The van der Waals surface area contributed by atoms with Gasteiger partial charge >= 0.3 is 0 Å². The highest BCUT2D eigenvalue weighted by Gasteiger charge is 2.34. The maximum absolute atomic E-state index is 12.6. The third-order valence-electron chi connectivity index (χ3n) is 5.44. The number of hydrogen-bond donors (Lipinski definition) is 2. The van der Waals surface area contributed by atoms with Crippen LogP contribution < -0.4 is 10.2 Å². The van der Waals surface area contributed by atoms with Crippen molar-refractivity contribution < 1.29 is 9.90 Å². The molecule has 0 radical (unpaired) electrons. The van der Waals surface area contributed by atoms with E-state index in [0.717, 1.165) is 24.5 Å². The Hall–Kier alpha value is -3.19. The fourth-order valence-electron chi connectivity index (χ4n) is 3.85. The van der Waals surface area contributed by atoms with Crippen molar-refractivity contribution in [3.63, 3.8) is 0 Å². The van der Waals surface area contributed by atoms with E-state index < -0.39 is 6.10 Å². The normalized spacial score (nSPS) is 21.1. The maximum atomic E-state index is 12.6. The molecule has 0 bridgehead atoms. The third kappa shape index (κ3) is 4.46. The monoisotopic (exact) mass is 391 g/mol. The molecule has 0 saturated heterocycles. The second kappa shape index (κ2) is 8.45. The number of anilines is 2. The topological polar surface area (TPSA) is 83.3 Å². The van der Waals surface area contributed by atoms with Crippen molar-refractivity contribution in [2.45, 2.75) is 31.5 Å². The molecule has 4 rings (SSSR count). The van der Waals surface area contributed by atoms with E-state index in [1.54, 1.807) is 18.5 Å². The van der Waals surface area contributed by atoms with Crippen LogP contribution in [0.3, 0.4) is 0 Å². The van der Waals surface area contributed by atoms with Crippen LogP contribution >= 0.6 is 0 Å². The zero-order valence-corrected chi connectivity index (χ0v) is 16.3. The lowest BCUT2D eigenvalue weighted by Crippen LogP contribution is -2.40. The van der Waals surface area contributed by atoms with E-state index in [4.69, 9.17) is 0 Å². The molecule has 3 atom stereocenters. The van der Waals surface area contributed by atoms with E-state index in [2.05, 4.69) is 15.4 Å². The predicted molar refractivity (Wildman–Crippen MR) is 111 cm³/mol. The fraction of sp³-hybridized carbons (Fsp3) is 0.318. The van der Waals surface area contributed by atoms with Gasteiger partial charge in [-0.3, -0.25) is 9.48 Å². The van der Waals surface area contributed by atoms with Gasteiger partial charge in [0.1, 0.15) is 5.82 Å². The number of para-hydroxylation sites is 1. The number of hydrogen-bond acceptors (Lipinski definition) is 5. The minimum absolute atomic E-state index is 0.213. The Morgan fingerprint density at radius 1 is 1.21 bits per heavy atom. The smallest absolute Gasteiger partial charge is 0.253 e. The molecule has 2 N–H and O–H groups in total. The van der Waals surface area contributed by atoms with Crippen LogP contribution in [0, 0.1) is 5.92 Å². The van der Waals surface area contributed by atoms with E-state index in [9.17, 15) is 9.90 Å². The lowest BCUT2D eigenvalue weighted by atomic mass is 10.1. The van der Waals surface area contributed by atoms with Gasteiger partial charge in [0.05, 0.1) is 17.7 Å². The molecule has 7 heteroatoms. The zero-order chi connectivity index (χ0) is 20.2. The van der Waals surface area contributed by atoms with E-state index in [-0.39, 0.29) is 17.9 Å². The van der Waals surface area contributed by atoms with E-state index in [1.807, 2.05) is 65.3 Å². The van der Waals surface area contributed by atoms with Crippen LogP contribution in [0.1, 0.15) is 23.2 Å². The van der Waals surface area contributed by atoms with Crippen LogP contribution in [0.4, 0.5) is 11.5 Å². The first-order valence-corrected chi connectivity index (χ1v) is 9.81. The van der Waals surface area contributed by atoms with Gasteiger partial charge in [0.15, 0.2) is 0 Å². The van der Waals surface area contributed by atoms with Crippen LogP contribution in [0.2, 0.25) is 0 Å². The van der Waals surface area contributed by atoms with Crippen LogP contribution in [0.15, 0.2) is 67.1 Å². The van der Waals surface area contributed by atoms with Crippen molar-refractivity contribution in [1.82, 2.24) is 20.1 Å². The number of aliphatic hydroxyl groups excluding tert-OH is 1. The average Bonchev–Trinajstić information content (AvgIpc) is 3.38. The van der Waals surface area contributed by atoms with Crippen LogP contribution in [-0.4, -0.2) is 45.0 Å². The summed E-state index contributed by atoms with van der Waals surface area (Å²) >= 11 is 0. The minimum Gasteiger partial charge on any atom is -0.391 e. The number of pyridine rings is 1. The molecule has 1 saturated carbocycles. The fourth-order valence-corrected chi connectivity index (χ4v) is 3.85. The van der Waals surface area contributed by atoms with Gasteiger partial charge in [0.25, 0.3) is 5.91 Å². The van der Waals surface area contributed by atoms with E-state index >= 15 is 0 Å². The molecule has 3 aromatic rings. The van der Waals surface area contributed by atoms with Crippen molar-refractivity contribution in [3.05, 3.63) is 72.7 Å². The van der Waals surface area contributed by atoms with Crippen molar-refractivity contribution >= 4 is 17.4 Å². The number of carbonyl (C=O) groups is 1. The number of nitrogens with one attached hydrogen (secondary N) is 1. The molecule has 1 aliphatic rings. The molecule has 1 aromatic carbocycles. The highest BCUT2D eigenvalue weighted by atomic mass is 16.3. The summed E-state index contributed by atoms with van der Waals surface area (Å²) in [4.78, 5) is 19.0. The molecule has 1 amide bonds. The number of nitrogens with zero attached hydrogens (tertiary/aromatic N) is 4. The molecular formula is C22H25N5O2. The Morgan fingerprint density at radius 3 is 2.72 bits per heavy atom. The van der Waals surface area contributed by atoms with Gasteiger partial charge in [-0.1, -0.05) is 18.2 Å². The Balaban J connectivity index is 1.36. The van der Waals surface area contributed by atoms with Gasteiger partial charge in [0, 0.05) is 37.9 Å². The summed E-state index contributed by atoms with van der Waals surface area (Å²) in [6.45, 7) is 0.749. The largest absolute Gasteiger partial charge is 0.391 e. The van der Waals surface area contributed by atoms with Crippen molar-refractivity contribution in [1.29, 1.82) is 0 Å². The number of benzene rings is 1. The molecule has 150 valence electrons. The number of amides is 1. The summed E-state index contributed by atoms with van der Waals surface area (Å²) in [7, 11) is 1.94. The lowest BCUT2D eigenvalue weighted by Gasteiger charge is -2.19. The molecule has 1 unspecified atom stereocenters. The summed E-state index contributed by atoms with van der Waals surface area (Å²) in [6, 6.07) is 15.1. The van der Waals surface area contributed by atoms with Gasteiger partial charge in [-0.15, -0.1) is 0 Å². The van der Waals surface area contributed by atoms with Gasteiger partial charge in [-0.05, 0) is 49.1 Å². The number of aromatic nitrogens is 3. The standard InChI is InChI=1S/C22H25N5O2/c1-26(18-6-3-2-4-7-18)21-9-8-17(14-23-21)22(29)25-19-12-16(13-20(19)28)15-27-11-5-10-24-27/h2-11,14,16,19-20,28H,12-13,15H2,1H3,(H,25,29)/t16?,19-,20-/m1/s1. The number of aliphatic hydroxyl groups is 1. The summed E-state index contributed by atoms with van der Waals surface area (Å²) in [5.74, 6) is 0.832. The van der Waals surface area contributed by atoms with Crippen molar-refractivity contribution in [2.75, 3.05) is 11.9 Å². The second-order valence-corrected chi connectivity index (χ2v) is 7.51. The lowest BCUT2D eigenvalue weighted by molar-refractivity contribution is 0.0872. The first-order valence-electron chi connectivity index (χ1n) is 9.81. The molecule has 0 spiro atoms. The zero-order valence-electron chi connectivity index (χ0n) is 16.3. The quantitative estimate of drug-likeness (QED) is 0.675. The van der Waals surface area contributed by atoms with Gasteiger partial charge in [-0.2, -0.15) is 5.10 Å². The van der Waals surface area contributed by atoms with Gasteiger partial charge in [-0.25, -0.2) is 4.98 Å². The average molecular weight is 391 g/mol. The Kier molecular flexibility index (Phi) is 5.57. The van der Waals surface area contributed by atoms with Crippen LogP contribution in [0.5, 0.6) is 0 Å². The summed E-state index contributed by atoms with van der Waals surface area (Å²) in [5, 5.41) is 17.5. The Morgan fingerprint density at radius 2 is 2.03 bits per heavy atom. The Labute approximate surface area is 170 Å².